The molecule has 3 rings (SSSR count). The number of nitrogen functional groups attached to an aromatic ring is 1. The number of amides is 1. The van der Waals surface area contributed by atoms with Gasteiger partial charge in [-0.3, -0.25) is 9.48 Å². The number of hydrogen-bond donors (Lipinski definition) is 2. The van der Waals surface area contributed by atoms with Gasteiger partial charge < -0.3 is 11.1 Å². The molecule has 5 nitrogen and oxygen atoms in total. The van der Waals surface area contributed by atoms with Crippen LogP contribution in [-0.2, 0) is 11.3 Å². The van der Waals surface area contributed by atoms with Crippen molar-refractivity contribution in [3.8, 4) is 0 Å². The predicted octanol–water partition coefficient (Wildman–Crippen LogP) is 2.26. The summed E-state index contributed by atoms with van der Waals surface area (Å²) in [5.41, 5.74) is 6.87. The molecule has 3 aromatic rings. The van der Waals surface area contributed by atoms with Crippen LogP contribution in [0.3, 0.4) is 0 Å². The van der Waals surface area contributed by atoms with Crippen molar-refractivity contribution in [1.82, 2.24) is 9.78 Å². The summed E-state index contributed by atoms with van der Waals surface area (Å²) in [7, 11) is 0. The average molecular weight is 266 g/mol. The van der Waals surface area contributed by atoms with Crippen LogP contribution in [0.5, 0.6) is 0 Å². The van der Waals surface area contributed by atoms with Gasteiger partial charge in [-0.15, -0.1) is 0 Å². The molecule has 0 bridgehead atoms. The predicted molar refractivity (Wildman–Crippen MR) is 79.2 cm³/mol. The zero-order valence-electron chi connectivity index (χ0n) is 10.8. The summed E-state index contributed by atoms with van der Waals surface area (Å²) >= 11 is 0. The monoisotopic (exact) mass is 266 g/mol. The average Bonchev–Trinajstić information content (AvgIpc) is 2.83. The number of carbonyl (C=O) groups excluding carboxylic acids is 1. The van der Waals surface area contributed by atoms with Crippen molar-refractivity contribution in [3.05, 3.63) is 54.9 Å². The third-order valence-corrected chi connectivity index (χ3v) is 2.99. The minimum atomic E-state index is -0.136. The van der Waals surface area contributed by atoms with Gasteiger partial charge in [-0.1, -0.05) is 30.3 Å². The van der Waals surface area contributed by atoms with Crippen molar-refractivity contribution in [1.29, 1.82) is 0 Å². The van der Waals surface area contributed by atoms with Crippen molar-refractivity contribution in [2.24, 2.45) is 0 Å². The van der Waals surface area contributed by atoms with Gasteiger partial charge in [-0.25, -0.2) is 0 Å². The van der Waals surface area contributed by atoms with Gasteiger partial charge >= 0.3 is 0 Å². The molecular weight excluding hydrogens is 252 g/mol. The van der Waals surface area contributed by atoms with Gasteiger partial charge in [0, 0.05) is 11.9 Å². The molecule has 0 aliphatic rings. The van der Waals surface area contributed by atoms with Crippen LogP contribution in [0.4, 0.5) is 11.4 Å². The van der Waals surface area contributed by atoms with Crippen LogP contribution >= 0.6 is 0 Å². The van der Waals surface area contributed by atoms with E-state index >= 15 is 0 Å². The first-order chi connectivity index (χ1) is 9.70. The first-order valence-electron chi connectivity index (χ1n) is 6.27. The van der Waals surface area contributed by atoms with Crippen LogP contribution in [0, 0.1) is 0 Å². The maximum absolute atomic E-state index is 11.9. The fourth-order valence-electron chi connectivity index (χ4n) is 2.08. The lowest BCUT2D eigenvalue weighted by Gasteiger charge is -2.06. The zero-order valence-corrected chi connectivity index (χ0v) is 10.8. The molecule has 0 atom stereocenters. The highest BCUT2D eigenvalue weighted by Gasteiger charge is 2.05. The number of nitrogens with two attached hydrogens (primary N) is 1. The van der Waals surface area contributed by atoms with Gasteiger partial charge in [0.05, 0.1) is 11.9 Å². The van der Waals surface area contributed by atoms with Gasteiger partial charge in [0.25, 0.3) is 0 Å². The topological polar surface area (TPSA) is 72.9 Å². The van der Waals surface area contributed by atoms with E-state index in [2.05, 4.69) is 10.4 Å². The molecule has 0 aliphatic heterocycles. The zero-order chi connectivity index (χ0) is 13.9. The van der Waals surface area contributed by atoms with Crippen LogP contribution < -0.4 is 11.1 Å². The standard InChI is InChI=1S/C15H14N4O/c16-13-8-17-19(9-13)10-15(20)18-14-6-5-11-3-1-2-4-12(11)7-14/h1-9H,10,16H2,(H,18,20). The van der Waals surface area contributed by atoms with Crippen molar-refractivity contribution in [2.45, 2.75) is 6.54 Å². The van der Waals surface area contributed by atoms with E-state index in [1.165, 1.54) is 10.9 Å². The lowest BCUT2D eigenvalue weighted by Crippen LogP contribution is -2.18. The Hall–Kier alpha value is -2.82. The summed E-state index contributed by atoms with van der Waals surface area (Å²) in [4.78, 5) is 11.9. The molecule has 1 amide bonds. The molecule has 0 unspecified atom stereocenters. The number of benzene rings is 2. The Labute approximate surface area is 116 Å². The van der Waals surface area contributed by atoms with Crippen LogP contribution in [-0.4, -0.2) is 15.7 Å². The lowest BCUT2D eigenvalue weighted by molar-refractivity contribution is -0.116. The number of fused-ring (bicyclic) bond motifs is 1. The minimum Gasteiger partial charge on any atom is -0.396 e. The Bertz CT molecular complexity index is 763. The largest absolute Gasteiger partial charge is 0.396 e. The van der Waals surface area contributed by atoms with Gasteiger partial charge in [0.15, 0.2) is 0 Å². The molecule has 0 saturated carbocycles. The van der Waals surface area contributed by atoms with E-state index in [0.717, 1.165) is 16.5 Å². The normalized spacial score (nSPS) is 10.6. The lowest BCUT2D eigenvalue weighted by atomic mass is 10.1. The number of aromatic nitrogens is 2. The summed E-state index contributed by atoms with van der Waals surface area (Å²) < 4.78 is 1.51. The Balaban J connectivity index is 1.73. The first kappa shape index (κ1) is 12.2. The highest BCUT2D eigenvalue weighted by Crippen LogP contribution is 2.18. The number of rotatable bonds is 3. The second kappa shape index (κ2) is 5.05. The Morgan fingerprint density at radius 1 is 1.20 bits per heavy atom. The second-order valence-corrected chi connectivity index (χ2v) is 4.58. The van der Waals surface area contributed by atoms with E-state index in [0.29, 0.717) is 5.69 Å². The van der Waals surface area contributed by atoms with Gasteiger partial charge in [0.2, 0.25) is 5.91 Å². The van der Waals surface area contributed by atoms with E-state index in [-0.39, 0.29) is 12.5 Å². The number of nitrogens with one attached hydrogen (secondary N) is 1. The van der Waals surface area contributed by atoms with Crippen molar-refractivity contribution in [3.63, 3.8) is 0 Å². The van der Waals surface area contributed by atoms with Crippen LogP contribution in [0.15, 0.2) is 54.9 Å². The quantitative estimate of drug-likeness (QED) is 0.763. The SMILES string of the molecule is Nc1cnn(CC(=O)Nc2ccc3ccccc3c2)c1. The van der Waals surface area contributed by atoms with E-state index in [1.807, 2.05) is 42.5 Å². The highest BCUT2D eigenvalue weighted by atomic mass is 16.2. The second-order valence-electron chi connectivity index (χ2n) is 4.58. The van der Waals surface area contributed by atoms with Gasteiger partial charge in [-0.2, -0.15) is 5.10 Å². The van der Waals surface area contributed by atoms with Crippen molar-refractivity contribution < 1.29 is 4.79 Å². The molecule has 3 N–H and O–H groups in total. The van der Waals surface area contributed by atoms with E-state index in [9.17, 15) is 4.79 Å². The maximum Gasteiger partial charge on any atom is 0.246 e. The molecule has 0 fully saturated rings. The highest BCUT2D eigenvalue weighted by molar-refractivity contribution is 5.94. The molecule has 0 radical (unpaired) electrons. The molecule has 0 spiro atoms. The molecular formula is C15H14N4O. The molecule has 0 aliphatic carbocycles. The Kier molecular flexibility index (Phi) is 3.09. The third-order valence-electron chi connectivity index (χ3n) is 2.99. The van der Waals surface area contributed by atoms with Crippen LogP contribution in [0.2, 0.25) is 0 Å². The first-order valence-corrected chi connectivity index (χ1v) is 6.27. The summed E-state index contributed by atoms with van der Waals surface area (Å²) in [5, 5.41) is 9.06. The number of carbonyl (C=O) groups is 1. The minimum absolute atomic E-state index is 0.136. The molecule has 1 aromatic heterocycles. The molecule has 20 heavy (non-hydrogen) atoms. The van der Waals surface area contributed by atoms with E-state index in [1.54, 1.807) is 6.20 Å². The molecule has 5 heteroatoms. The summed E-state index contributed by atoms with van der Waals surface area (Å²) in [6.07, 6.45) is 3.14. The fourth-order valence-corrected chi connectivity index (χ4v) is 2.08. The fraction of sp³-hybridized carbons (Fsp3) is 0.0667. The van der Waals surface area contributed by atoms with Crippen molar-refractivity contribution >= 4 is 28.1 Å². The Morgan fingerprint density at radius 2 is 2.00 bits per heavy atom. The number of nitrogens with zero attached hydrogens (tertiary/aromatic N) is 2. The maximum atomic E-state index is 11.9. The van der Waals surface area contributed by atoms with E-state index in [4.69, 9.17) is 5.73 Å². The smallest absolute Gasteiger partial charge is 0.246 e. The van der Waals surface area contributed by atoms with Gasteiger partial charge in [0.1, 0.15) is 6.54 Å². The van der Waals surface area contributed by atoms with E-state index < -0.39 is 0 Å². The third kappa shape index (κ3) is 2.61. The number of anilines is 2. The number of hydrogen-bond acceptors (Lipinski definition) is 3. The van der Waals surface area contributed by atoms with Gasteiger partial charge in [-0.05, 0) is 22.9 Å². The summed E-state index contributed by atoms with van der Waals surface area (Å²) in [6.45, 7) is 0.143. The molecule has 1 heterocycles. The molecule has 100 valence electrons. The Morgan fingerprint density at radius 3 is 2.75 bits per heavy atom. The van der Waals surface area contributed by atoms with Crippen LogP contribution in [0.25, 0.3) is 10.8 Å². The summed E-state index contributed by atoms with van der Waals surface area (Å²) in [5.74, 6) is -0.136. The van der Waals surface area contributed by atoms with Crippen LogP contribution in [0.1, 0.15) is 0 Å². The molecule has 0 saturated heterocycles. The molecule has 2 aromatic carbocycles. The van der Waals surface area contributed by atoms with Crippen molar-refractivity contribution in [2.75, 3.05) is 11.1 Å². The summed E-state index contributed by atoms with van der Waals surface area (Å²) in [6, 6.07) is 13.8.